The molecular formula is C32H44Cl2O2Si2Zr+2. The number of halogens is 2. The van der Waals surface area contributed by atoms with Crippen LogP contribution in [-0.4, -0.2) is 16.6 Å². The Bertz CT molecular complexity index is 857. The van der Waals surface area contributed by atoms with Gasteiger partial charge in [-0.15, -0.1) is 0 Å². The quantitative estimate of drug-likeness (QED) is 0.250. The van der Waals surface area contributed by atoms with Gasteiger partial charge in [-0.2, -0.15) is 0 Å². The molecule has 7 heteroatoms. The van der Waals surface area contributed by atoms with E-state index in [-0.39, 0.29) is 10.1 Å². The van der Waals surface area contributed by atoms with Gasteiger partial charge in [-0.3, -0.25) is 0 Å². The fourth-order valence-electron chi connectivity index (χ4n) is 4.29. The molecule has 0 aromatic heterocycles. The Morgan fingerprint density at radius 1 is 0.590 bits per heavy atom. The van der Waals surface area contributed by atoms with E-state index in [0.717, 1.165) is 25.0 Å². The van der Waals surface area contributed by atoms with Gasteiger partial charge in [0.25, 0.3) is 0 Å². The predicted octanol–water partition coefficient (Wildman–Crippen LogP) is 10.4. The fourth-order valence-corrected chi connectivity index (χ4v) is 6.34. The molecule has 0 heterocycles. The van der Waals surface area contributed by atoms with Gasteiger partial charge in [0.1, 0.15) is 0 Å². The molecule has 2 fully saturated rings. The second-order valence-corrected chi connectivity index (χ2v) is 26.6. The minimum absolute atomic E-state index is 0.167. The molecule has 0 amide bonds. The van der Waals surface area contributed by atoms with Crippen LogP contribution in [0.5, 0.6) is 0 Å². The molecule has 2 nitrogen and oxygen atoms in total. The van der Waals surface area contributed by atoms with Crippen molar-refractivity contribution in [1.82, 2.24) is 0 Å². The number of hydrogen-bond donors (Lipinski definition) is 0. The number of rotatable bonds is 7. The molecule has 0 aliphatic heterocycles. The van der Waals surface area contributed by atoms with Crippen molar-refractivity contribution < 1.29 is 29.7 Å². The van der Waals surface area contributed by atoms with Crippen molar-refractivity contribution >= 4 is 33.7 Å². The Labute approximate surface area is 261 Å². The van der Waals surface area contributed by atoms with Crippen LogP contribution in [0.2, 0.25) is 36.3 Å². The van der Waals surface area contributed by atoms with Crippen LogP contribution in [0.4, 0.5) is 0 Å². The van der Waals surface area contributed by atoms with Crippen molar-refractivity contribution in [2.45, 2.75) is 90.6 Å². The van der Waals surface area contributed by atoms with Crippen LogP contribution >= 0.6 is 17.0 Å². The molecule has 208 valence electrons. The summed E-state index contributed by atoms with van der Waals surface area (Å²) in [4.78, 5) is 0. The normalized spacial score (nSPS) is 22.8. The Morgan fingerprint density at radius 2 is 0.872 bits per heavy atom. The molecule has 0 spiro atoms. The van der Waals surface area contributed by atoms with E-state index < -0.39 is 37.5 Å². The summed E-state index contributed by atoms with van der Waals surface area (Å²) in [6, 6.07) is 0. The van der Waals surface area contributed by atoms with E-state index >= 15 is 0 Å². The SMILES string of the molecule is CC(C)(C)[Si](C)(C)O[C]1[CH][C](CC[C]2[CH][C](O[Si](C)(C)C(C)(C)C)[C]3C=CC=C[C]23)[C]2C=CC=C[C]12.[Cl][Zr+2][Cl]. The molecule has 2 saturated carbocycles. The zero-order valence-corrected chi connectivity index (χ0v) is 31.2. The van der Waals surface area contributed by atoms with Gasteiger partial charge in [-0.25, -0.2) is 0 Å². The van der Waals surface area contributed by atoms with E-state index in [2.05, 4.69) is 129 Å². The monoisotopic (exact) mass is 676 g/mol. The van der Waals surface area contributed by atoms with Crippen molar-refractivity contribution in [2.24, 2.45) is 0 Å². The molecule has 0 unspecified atom stereocenters. The summed E-state index contributed by atoms with van der Waals surface area (Å²) in [5.41, 5.74) is 0. The summed E-state index contributed by atoms with van der Waals surface area (Å²) in [7, 11) is 6.03. The van der Waals surface area contributed by atoms with Crippen LogP contribution in [0, 0.1) is 60.6 Å². The van der Waals surface area contributed by atoms with Gasteiger partial charge in [-0.1, -0.05) is 90.2 Å². The summed E-state index contributed by atoms with van der Waals surface area (Å²) in [5, 5.41) is 0.334. The summed E-state index contributed by atoms with van der Waals surface area (Å²) in [6.07, 6.45) is 26.2. The summed E-state index contributed by atoms with van der Waals surface area (Å²) < 4.78 is 13.6. The van der Waals surface area contributed by atoms with Crippen molar-refractivity contribution in [3.8, 4) is 0 Å². The maximum atomic E-state index is 6.80. The van der Waals surface area contributed by atoms with Crippen LogP contribution in [0.25, 0.3) is 0 Å². The molecule has 4 rings (SSSR count). The number of fused-ring (bicyclic) bond motifs is 2. The van der Waals surface area contributed by atoms with E-state index in [0.29, 0.717) is 0 Å². The predicted molar refractivity (Wildman–Crippen MR) is 169 cm³/mol. The number of allylic oxidation sites excluding steroid dienone is 6. The molecule has 4 aliphatic carbocycles. The molecule has 4 aliphatic rings. The van der Waals surface area contributed by atoms with Gasteiger partial charge in [0, 0.05) is 36.5 Å². The second-order valence-electron chi connectivity index (χ2n) is 13.5. The molecule has 39 heavy (non-hydrogen) atoms. The first-order valence-electron chi connectivity index (χ1n) is 13.7. The Hall–Kier alpha value is 0.777. The van der Waals surface area contributed by atoms with Gasteiger partial charge in [0.15, 0.2) is 16.6 Å². The first-order chi connectivity index (χ1) is 18.0. The van der Waals surface area contributed by atoms with Gasteiger partial charge in [0.2, 0.25) is 0 Å². The van der Waals surface area contributed by atoms with Gasteiger partial charge in [0.05, 0.1) is 12.2 Å². The fraction of sp³-hybridized carbons (Fsp3) is 0.438. The first kappa shape index (κ1) is 34.3. The van der Waals surface area contributed by atoms with E-state index in [1.54, 1.807) is 0 Å². The van der Waals surface area contributed by atoms with Crippen molar-refractivity contribution in [1.29, 1.82) is 0 Å². The minimum atomic E-state index is -1.92. The van der Waals surface area contributed by atoms with Crippen molar-refractivity contribution in [3.05, 3.63) is 109 Å². The molecule has 0 bridgehead atoms. The zero-order valence-electron chi connectivity index (χ0n) is 25.3. The molecule has 0 N–H and O–H groups in total. The number of hydrogen-bond acceptors (Lipinski definition) is 2. The van der Waals surface area contributed by atoms with Crippen LogP contribution in [0.1, 0.15) is 54.4 Å². The average molecular weight is 679 g/mol. The Morgan fingerprint density at radius 3 is 1.15 bits per heavy atom. The average Bonchev–Trinajstić information content (AvgIpc) is 3.34. The van der Waals surface area contributed by atoms with Crippen molar-refractivity contribution in [2.75, 3.05) is 0 Å². The molecule has 0 atom stereocenters. The molecule has 0 aromatic rings. The van der Waals surface area contributed by atoms with Crippen LogP contribution in [0.15, 0.2) is 48.6 Å². The maximum absolute atomic E-state index is 6.80. The molecule has 0 saturated heterocycles. The standard InChI is InChI=1S/C32H44O2Si2.2ClH.Zr/c1-31(2,3)35(7,8)33-29-21-23(25-15-11-13-17-27(25)29)19-20-24-22-30(28-18-14-12-16-26(24)28)34-36(9,10)32(4,5)6;;;/h11-18,21-22H,19-20H2,1-10H3;2*1H;/q;;;+4/p-2. The zero-order chi connectivity index (χ0) is 29.2. The van der Waals surface area contributed by atoms with Gasteiger partial charge < -0.3 is 8.85 Å². The van der Waals surface area contributed by atoms with Gasteiger partial charge >= 0.3 is 37.9 Å². The van der Waals surface area contributed by atoms with Gasteiger partial charge in [-0.05, 0) is 60.9 Å². The van der Waals surface area contributed by atoms with E-state index in [1.165, 1.54) is 35.5 Å². The second kappa shape index (κ2) is 13.6. The van der Waals surface area contributed by atoms with Crippen LogP contribution < -0.4 is 0 Å². The Kier molecular flexibility index (Phi) is 12.0. The van der Waals surface area contributed by atoms with E-state index in [1.807, 2.05) is 0 Å². The van der Waals surface area contributed by atoms with Crippen LogP contribution in [-0.2, 0) is 29.7 Å². The third-order valence-corrected chi connectivity index (χ3v) is 17.4. The third kappa shape index (κ3) is 8.24. The van der Waals surface area contributed by atoms with Crippen LogP contribution in [0.3, 0.4) is 0 Å². The van der Waals surface area contributed by atoms with E-state index in [9.17, 15) is 0 Å². The third-order valence-electron chi connectivity index (χ3n) is 8.69. The first-order valence-corrected chi connectivity index (χ1v) is 25.9. The summed E-state index contributed by atoms with van der Waals surface area (Å²) in [5.74, 6) is 7.87. The molecule has 10 radical (unpaired) electrons. The van der Waals surface area contributed by atoms with E-state index in [4.69, 9.17) is 25.9 Å². The Balaban J connectivity index is 0.00000134. The molecule has 0 aromatic carbocycles. The summed E-state index contributed by atoms with van der Waals surface area (Å²) >= 11 is -0.826. The van der Waals surface area contributed by atoms with Crippen molar-refractivity contribution in [3.63, 3.8) is 0 Å². The topological polar surface area (TPSA) is 18.5 Å². The molecular weight excluding hydrogens is 635 g/mol. The summed E-state index contributed by atoms with van der Waals surface area (Å²) in [6.45, 7) is 23.1.